The highest BCUT2D eigenvalue weighted by Crippen LogP contribution is 2.21. The van der Waals surface area contributed by atoms with Gasteiger partial charge in [0, 0.05) is 17.6 Å². The topological polar surface area (TPSA) is 93.4 Å². The molecule has 6 nitrogen and oxygen atoms in total. The number of aromatic nitrogens is 5. The second kappa shape index (κ2) is 5.46. The number of nitrogens with one attached hydrogen (secondary N) is 1. The largest absolute Gasteiger partial charge is 0.382 e. The van der Waals surface area contributed by atoms with Crippen molar-refractivity contribution in [3.63, 3.8) is 0 Å². The summed E-state index contributed by atoms with van der Waals surface area (Å²) in [5.41, 5.74) is 9.33. The summed E-state index contributed by atoms with van der Waals surface area (Å²) in [5.74, 6) is 1.34. The molecule has 0 amide bonds. The van der Waals surface area contributed by atoms with Gasteiger partial charge in [-0.05, 0) is 25.0 Å². The van der Waals surface area contributed by atoms with Crippen LogP contribution in [0.2, 0.25) is 0 Å². The van der Waals surface area contributed by atoms with Gasteiger partial charge in [-0.1, -0.05) is 17.8 Å². The minimum Gasteiger partial charge on any atom is -0.382 e. The smallest absolute Gasteiger partial charge is 0.183 e. The van der Waals surface area contributed by atoms with Gasteiger partial charge in [0.15, 0.2) is 16.6 Å². The fourth-order valence-electron chi connectivity index (χ4n) is 1.81. The Morgan fingerprint density at radius 1 is 1.25 bits per heavy atom. The lowest BCUT2D eigenvalue weighted by Gasteiger charge is -2.00. The maximum Gasteiger partial charge on any atom is 0.183 e. The number of nitrogens with zero attached hydrogens (tertiary/aromatic N) is 4. The molecule has 0 aliphatic rings. The molecule has 0 aromatic carbocycles. The fourth-order valence-corrected chi connectivity index (χ4v) is 2.66. The average Bonchev–Trinajstić information content (AvgIpc) is 2.85. The number of anilines is 1. The number of pyridine rings is 1. The molecule has 3 aromatic heterocycles. The van der Waals surface area contributed by atoms with Crippen molar-refractivity contribution in [3.8, 4) is 0 Å². The van der Waals surface area contributed by atoms with Crippen molar-refractivity contribution in [2.45, 2.75) is 18.5 Å². The van der Waals surface area contributed by atoms with Crippen molar-refractivity contribution in [1.29, 1.82) is 0 Å². The van der Waals surface area contributed by atoms with E-state index in [1.165, 1.54) is 11.9 Å². The highest BCUT2D eigenvalue weighted by molar-refractivity contribution is 7.99. The summed E-state index contributed by atoms with van der Waals surface area (Å²) in [6.45, 7) is 1.98. The van der Waals surface area contributed by atoms with Gasteiger partial charge < -0.3 is 10.7 Å². The van der Waals surface area contributed by atoms with E-state index in [1.807, 2.05) is 19.2 Å². The van der Waals surface area contributed by atoms with Gasteiger partial charge in [0.1, 0.15) is 11.8 Å². The van der Waals surface area contributed by atoms with E-state index in [2.05, 4.69) is 31.0 Å². The number of hydrogen-bond acceptors (Lipinski definition) is 6. The highest BCUT2D eigenvalue weighted by Gasteiger charge is 2.07. The third kappa shape index (κ3) is 2.72. The predicted molar refractivity (Wildman–Crippen MR) is 79.5 cm³/mol. The first-order valence-corrected chi connectivity index (χ1v) is 7.21. The number of fused-ring (bicyclic) bond motifs is 1. The van der Waals surface area contributed by atoms with Crippen LogP contribution in [0.3, 0.4) is 0 Å². The van der Waals surface area contributed by atoms with Gasteiger partial charge in [0.05, 0.1) is 0 Å². The summed E-state index contributed by atoms with van der Waals surface area (Å²) in [7, 11) is 0. The fraction of sp³-hybridized carbons (Fsp3) is 0.231. The Bertz CT molecular complexity index is 721. The Morgan fingerprint density at radius 3 is 2.90 bits per heavy atom. The molecule has 102 valence electrons. The van der Waals surface area contributed by atoms with Gasteiger partial charge in [0.2, 0.25) is 0 Å². The predicted octanol–water partition coefficient (Wildman–Crippen LogP) is 1.97. The molecule has 0 fully saturated rings. The Morgan fingerprint density at radius 2 is 2.15 bits per heavy atom. The van der Waals surface area contributed by atoms with E-state index in [0.717, 1.165) is 23.0 Å². The van der Waals surface area contributed by atoms with Crippen molar-refractivity contribution in [2.75, 3.05) is 11.5 Å². The average molecular weight is 286 g/mol. The Hall–Kier alpha value is -2.15. The van der Waals surface area contributed by atoms with Crippen LogP contribution in [0.25, 0.3) is 11.2 Å². The number of H-pyrrole nitrogens is 1. The number of hydrogen-bond donors (Lipinski definition) is 2. The van der Waals surface area contributed by atoms with Crippen LogP contribution >= 0.6 is 11.8 Å². The molecular formula is C13H14N6S. The maximum absolute atomic E-state index is 5.76. The number of imidazole rings is 1. The number of rotatable bonds is 4. The summed E-state index contributed by atoms with van der Waals surface area (Å²) in [4.78, 5) is 19.8. The van der Waals surface area contributed by atoms with Crippen LogP contribution in [-0.2, 0) is 6.42 Å². The van der Waals surface area contributed by atoms with Gasteiger partial charge in [0.25, 0.3) is 0 Å². The first-order chi connectivity index (χ1) is 9.72. The number of aromatic amines is 1. The zero-order chi connectivity index (χ0) is 13.9. The molecule has 3 aromatic rings. The molecule has 0 atom stereocenters. The SMILES string of the molecule is Cc1ccc(CCSc2nc3ncnc(N)c3[nH]2)cn1. The van der Waals surface area contributed by atoms with Gasteiger partial charge >= 0.3 is 0 Å². The van der Waals surface area contributed by atoms with Crippen LogP contribution in [-0.4, -0.2) is 30.7 Å². The van der Waals surface area contributed by atoms with Crippen LogP contribution in [0.5, 0.6) is 0 Å². The van der Waals surface area contributed by atoms with Gasteiger partial charge in [-0.25, -0.2) is 15.0 Å². The molecule has 7 heteroatoms. The van der Waals surface area contributed by atoms with Crippen molar-refractivity contribution in [2.24, 2.45) is 0 Å². The van der Waals surface area contributed by atoms with Crippen molar-refractivity contribution in [3.05, 3.63) is 35.9 Å². The molecule has 0 aliphatic carbocycles. The van der Waals surface area contributed by atoms with Crippen molar-refractivity contribution < 1.29 is 0 Å². The Labute approximate surface area is 120 Å². The monoisotopic (exact) mass is 286 g/mol. The molecule has 0 radical (unpaired) electrons. The van der Waals surface area contributed by atoms with Crippen LogP contribution in [0.4, 0.5) is 5.82 Å². The molecule has 0 aliphatic heterocycles. The number of nitrogen functional groups attached to an aromatic ring is 1. The molecular weight excluding hydrogens is 272 g/mol. The van der Waals surface area contributed by atoms with E-state index in [1.54, 1.807) is 11.8 Å². The molecule has 0 saturated heterocycles. The lowest BCUT2D eigenvalue weighted by atomic mass is 10.2. The van der Waals surface area contributed by atoms with Crippen molar-refractivity contribution >= 4 is 28.7 Å². The zero-order valence-electron chi connectivity index (χ0n) is 11.0. The van der Waals surface area contributed by atoms with E-state index in [9.17, 15) is 0 Å². The van der Waals surface area contributed by atoms with E-state index in [-0.39, 0.29) is 0 Å². The summed E-state index contributed by atoms with van der Waals surface area (Å²) in [5, 5.41) is 0.812. The van der Waals surface area contributed by atoms with Crippen LogP contribution in [0.15, 0.2) is 29.8 Å². The zero-order valence-corrected chi connectivity index (χ0v) is 11.8. The summed E-state index contributed by atoms with van der Waals surface area (Å²) in [6, 6.07) is 4.13. The molecule has 3 rings (SSSR count). The quantitative estimate of drug-likeness (QED) is 0.712. The molecule has 3 N–H and O–H groups in total. The molecule has 3 heterocycles. The molecule has 0 spiro atoms. The third-order valence-electron chi connectivity index (χ3n) is 2.90. The highest BCUT2D eigenvalue weighted by atomic mass is 32.2. The summed E-state index contributed by atoms with van der Waals surface area (Å²) < 4.78 is 0. The Balaban J connectivity index is 1.65. The van der Waals surface area contributed by atoms with Crippen molar-refractivity contribution in [1.82, 2.24) is 24.9 Å². The van der Waals surface area contributed by atoms with E-state index < -0.39 is 0 Å². The molecule has 20 heavy (non-hydrogen) atoms. The molecule has 0 unspecified atom stereocenters. The maximum atomic E-state index is 5.76. The van der Waals surface area contributed by atoms with E-state index in [4.69, 9.17) is 5.73 Å². The standard InChI is InChI=1S/C13H14N6S/c1-8-2-3-9(6-15-8)4-5-20-13-18-10-11(14)16-7-17-12(10)19-13/h2-3,6-7H,4-5H2,1H3,(H3,14,16,17,18,19). The second-order valence-electron chi connectivity index (χ2n) is 4.41. The lowest BCUT2D eigenvalue weighted by Crippen LogP contribution is -1.92. The number of nitrogens with two attached hydrogens (primary N) is 1. The minimum atomic E-state index is 0.428. The first-order valence-electron chi connectivity index (χ1n) is 6.23. The summed E-state index contributed by atoms with van der Waals surface area (Å²) >= 11 is 1.64. The third-order valence-corrected chi connectivity index (χ3v) is 3.77. The summed E-state index contributed by atoms with van der Waals surface area (Å²) in [6.07, 6.45) is 4.28. The van der Waals surface area contributed by atoms with E-state index >= 15 is 0 Å². The Kier molecular flexibility index (Phi) is 3.51. The van der Waals surface area contributed by atoms with Crippen LogP contribution < -0.4 is 5.73 Å². The minimum absolute atomic E-state index is 0.428. The molecule has 0 saturated carbocycles. The lowest BCUT2D eigenvalue weighted by molar-refractivity contribution is 1.05. The van der Waals surface area contributed by atoms with Crippen LogP contribution in [0.1, 0.15) is 11.3 Å². The van der Waals surface area contributed by atoms with Gasteiger partial charge in [-0.15, -0.1) is 0 Å². The van der Waals surface area contributed by atoms with Gasteiger partial charge in [-0.2, -0.15) is 0 Å². The van der Waals surface area contributed by atoms with E-state index in [0.29, 0.717) is 17.0 Å². The first kappa shape index (κ1) is 12.9. The van der Waals surface area contributed by atoms with Gasteiger partial charge in [-0.3, -0.25) is 4.98 Å². The second-order valence-corrected chi connectivity index (χ2v) is 5.49. The number of aryl methyl sites for hydroxylation is 2. The molecule has 0 bridgehead atoms. The number of thioether (sulfide) groups is 1. The normalized spacial score (nSPS) is 11.1. The van der Waals surface area contributed by atoms with Crippen LogP contribution in [0, 0.1) is 6.92 Å².